The van der Waals surface area contributed by atoms with E-state index in [1.54, 1.807) is 27.6 Å². The van der Waals surface area contributed by atoms with Crippen molar-refractivity contribution in [2.24, 2.45) is 0 Å². The summed E-state index contributed by atoms with van der Waals surface area (Å²) in [7, 11) is 0. The van der Waals surface area contributed by atoms with Crippen molar-refractivity contribution in [1.82, 2.24) is 9.88 Å². The summed E-state index contributed by atoms with van der Waals surface area (Å²) in [5.74, 6) is 0. The molecule has 2 aromatic heterocycles. The Morgan fingerprint density at radius 2 is 2.21 bits per heavy atom. The number of ether oxygens (including phenoxy) is 1. The molecule has 1 amide bonds. The van der Waals surface area contributed by atoms with E-state index in [4.69, 9.17) is 10.5 Å². The molecule has 2 aromatic rings. The van der Waals surface area contributed by atoms with Crippen molar-refractivity contribution in [1.29, 1.82) is 0 Å². The summed E-state index contributed by atoms with van der Waals surface area (Å²) in [4.78, 5) is 20.3. The van der Waals surface area contributed by atoms with Gasteiger partial charge in [0.2, 0.25) is 0 Å². The fraction of sp³-hybridized carbons (Fsp3) is 0.500. The van der Waals surface area contributed by atoms with Crippen molar-refractivity contribution in [3.63, 3.8) is 0 Å². The first-order valence-electron chi connectivity index (χ1n) is 6.27. The molecule has 102 valence electrons. The van der Waals surface area contributed by atoms with Gasteiger partial charge in [-0.2, -0.15) is 0 Å². The van der Waals surface area contributed by atoms with E-state index < -0.39 is 0 Å². The third-order valence-electron chi connectivity index (χ3n) is 3.21. The van der Waals surface area contributed by atoms with Gasteiger partial charge in [0.1, 0.15) is 4.83 Å². The zero-order chi connectivity index (χ0) is 13.4. The van der Waals surface area contributed by atoms with Crippen LogP contribution in [0.3, 0.4) is 0 Å². The third-order valence-corrected chi connectivity index (χ3v) is 5.47. The minimum absolute atomic E-state index is 0.210. The number of hydrogen-bond acceptors (Lipinski definition) is 6. The monoisotopic (exact) mass is 297 g/mol. The Kier molecular flexibility index (Phi) is 3.32. The van der Waals surface area contributed by atoms with Gasteiger partial charge in [-0.3, -0.25) is 0 Å². The Hall–Kier alpha value is -1.34. The average Bonchev–Trinajstić information content (AvgIpc) is 2.78. The fourth-order valence-electron chi connectivity index (χ4n) is 2.33. The second-order valence-corrected chi connectivity index (χ2v) is 6.49. The number of fused-ring (bicyclic) bond motifs is 3. The largest absolute Gasteiger partial charge is 0.450 e. The molecule has 0 fully saturated rings. The number of amides is 1. The molecule has 0 radical (unpaired) electrons. The summed E-state index contributed by atoms with van der Waals surface area (Å²) in [5, 5.41) is 0.621. The second kappa shape index (κ2) is 4.97. The fourth-order valence-corrected chi connectivity index (χ4v) is 4.65. The number of nitrogens with two attached hydrogens (primary N) is 1. The van der Waals surface area contributed by atoms with Crippen LogP contribution >= 0.6 is 22.7 Å². The Morgan fingerprint density at radius 3 is 3.00 bits per heavy atom. The van der Waals surface area contributed by atoms with Gasteiger partial charge in [-0.15, -0.1) is 11.3 Å². The molecule has 3 rings (SSSR count). The molecular formula is C12H15N3O2S2. The first kappa shape index (κ1) is 12.7. The predicted octanol–water partition coefficient (Wildman–Crippen LogP) is 2.50. The van der Waals surface area contributed by atoms with Crippen LogP contribution in [0.5, 0.6) is 0 Å². The standard InChI is InChI=1S/C12H15N3O2S2/c1-2-17-12(16)15-5-3-7-8(4-6-15)18-10-9(7)19-11(13)14-10/h2-6H2,1H3,(H2,13,14). The van der Waals surface area contributed by atoms with Gasteiger partial charge in [-0.05, 0) is 25.3 Å². The lowest BCUT2D eigenvalue weighted by Gasteiger charge is -2.18. The lowest BCUT2D eigenvalue weighted by atomic mass is 10.2. The van der Waals surface area contributed by atoms with Crippen LogP contribution in [0.15, 0.2) is 0 Å². The molecule has 0 aromatic carbocycles. The Bertz CT molecular complexity index is 620. The SMILES string of the molecule is CCOC(=O)N1CCc2sc3nc(N)sc3c2CC1. The van der Waals surface area contributed by atoms with E-state index in [1.165, 1.54) is 15.1 Å². The molecule has 3 heterocycles. The molecule has 2 N–H and O–H groups in total. The van der Waals surface area contributed by atoms with Crippen LogP contribution in [0, 0.1) is 0 Å². The molecule has 0 aliphatic carbocycles. The summed E-state index contributed by atoms with van der Waals surface area (Å²) in [6.45, 7) is 3.67. The van der Waals surface area contributed by atoms with Gasteiger partial charge in [-0.25, -0.2) is 9.78 Å². The van der Waals surface area contributed by atoms with E-state index in [2.05, 4.69) is 4.98 Å². The molecule has 0 spiro atoms. The molecule has 7 heteroatoms. The molecule has 0 bridgehead atoms. The number of thiophene rings is 1. The number of aromatic nitrogens is 1. The van der Waals surface area contributed by atoms with Crippen LogP contribution in [-0.4, -0.2) is 35.7 Å². The number of rotatable bonds is 1. The molecular weight excluding hydrogens is 282 g/mol. The lowest BCUT2D eigenvalue weighted by Crippen LogP contribution is -2.33. The van der Waals surface area contributed by atoms with Gasteiger partial charge >= 0.3 is 6.09 Å². The van der Waals surface area contributed by atoms with E-state index in [9.17, 15) is 4.79 Å². The second-order valence-electron chi connectivity index (χ2n) is 4.38. The first-order chi connectivity index (χ1) is 9.19. The molecule has 1 aliphatic rings. The van der Waals surface area contributed by atoms with Gasteiger partial charge in [0.15, 0.2) is 5.13 Å². The highest BCUT2D eigenvalue weighted by Gasteiger charge is 2.23. The molecule has 0 unspecified atom stereocenters. The normalized spacial score (nSPS) is 15.3. The maximum absolute atomic E-state index is 11.8. The first-order valence-corrected chi connectivity index (χ1v) is 7.90. The van der Waals surface area contributed by atoms with Crippen molar-refractivity contribution in [3.8, 4) is 0 Å². The van der Waals surface area contributed by atoms with E-state index >= 15 is 0 Å². The number of hydrogen-bond donors (Lipinski definition) is 1. The topological polar surface area (TPSA) is 68.5 Å². The van der Waals surface area contributed by atoms with E-state index in [0.29, 0.717) is 18.3 Å². The molecule has 0 saturated carbocycles. The molecule has 19 heavy (non-hydrogen) atoms. The Labute approximate surface area is 119 Å². The quantitative estimate of drug-likeness (QED) is 0.878. The zero-order valence-corrected chi connectivity index (χ0v) is 12.3. The van der Waals surface area contributed by atoms with Crippen LogP contribution in [0.4, 0.5) is 9.93 Å². The highest BCUT2D eigenvalue weighted by Crippen LogP contribution is 2.38. The Morgan fingerprint density at radius 1 is 1.42 bits per heavy atom. The average molecular weight is 297 g/mol. The van der Waals surface area contributed by atoms with Crippen LogP contribution < -0.4 is 5.73 Å². The van der Waals surface area contributed by atoms with Crippen molar-refractivity contribution in [2.45, 2.75) is 19.8 Å². The van der Waals surface area contributed by atoms with Gasteiger partial charge < -0.3 is 15.4 Å². The van der Waals surface area contributed by atoms with Gasteiger partial charge in [0.05, 0.1) is 11.3 Å². The molecule has 1 aliphatic heterocycles. The van der Waals surface area contributed by atoms with Crippen molar-refractivity contribution >= 4 is 43.4 Å². The predicted molar refractivity (Wildman–Crippen MR) is 77.9 cm³/mol. The zero-order valence-electron chi connectivity index (χ0n) is 10.6. The number of thiazole rings is 1. The Balaban J connectivity index is 1.84. The van der Waals surface area contributed by atoms with E-state index in [0.717, 1.165) is 24.2 Å². The van der Waals surface area contributed by atoms with Crippen LogP contribution in [0.1, 0.15) is 17.4 Å². The van der Waals surface area contributed by atoms with E-state index in [-0.39, 0.29) is 6.09 Å². The highest BCUT2D eigenvalue weighted by atomic mass is 32.1. The smallest absolute Gasteiger partial charge is 0.409 e. The number of carbonyl (C=O) groups excluding carboxylic acids is 1. The van der Waals surface area contributed by atoms with Gasteiger partial charge in [0, 0.05) is 18.0 Å². The van der Waals surface area contributed by atoms with Crippen LogP contribution in [-0.2, 0) is 17.6 Å². The minimum atomic E-state index is -0.210. The number of anilines is 1. The summed E-state index contributed by atoms with van der Waals surface area (Å²) in [5.41, 5.74) is 7.07. The van der Waals surface area contributed by atoms with Gasteiger partial charge in [-0.1, -0.05) is 11.3 Å². The minimum Gasteiger partial charge on any atom is -0.450 e. The molecule has 0 atom stereocenters. The number of nitrogen functional groups attached to an aromatic ring is 1. The summed E-state index contributed by atoms with van der Waals surface area (Å²) in [6.07, 6.45) is 1.52. The molecule has 5 nitrogen and oxygen atoms in total. The number of carbonyl (C=O) groups is 1. The summed E-state index contributed by atoms with van der Waals surface area (Å²) < 4.78 is 6.26. The molecule has 0 saturated heterocycles. The third kappa shape index (κ3) is 2.28. The summed E-state index contributed by atoms with van der Waals surface area (Å²) in [6, 6.07) is 0. The van der Waals surface area contributed by atoms with E-state index in [1.807, 2.05) is 6.92 Å². The van der Waals surface area contributed by atoms with Crippen molar-refractivity contribution < 1.29 is 9.53 Å². The number of nitrogens with zero attached hydrogens (tertiary/aromatic N) is 2. The maximum Gasteiger partial charge on any atom is 0.409 e. The summed E-state index contributed by atoms with van der Waals surface area (Å²) >= 11 is 3.25. The van der Waals surface area contributed by atoms with Crippen molar-refractivity contribution in [3.05, 3.63) is 10.4 Å². The van der Waals surface area contributed by atoms with Crippen LogP contribution in [0.25, 0.3) is 9.53 Å². The maximum atomic E-state index is 11.8. The lowest BCUT2D eigenvalue weighted by molar-refractivity contribution is 0.109. The highest BCUT2D eigenvalue weighted by molar-refractivity contribution is 7.29. The van der Waals surface area contributed by atoms with Crippen molar-refractivity contribution in [2.75, 3.05) is 25.4 Å². The van der Waals surface area contributed by atoms with Gasteiger partial charge in [0.25, 0.3) is 0 Å². The van der Waals surface area contributed by atoms with Crippen LogP contribution in [0.2, 0.25) is 0 Å².